The lowest BCUT2D eigenvalue weighted by Gasteiger charge is -2.30. The molecule has 0 bridgehead atoms. The maximum atomic E-state index is 11.2. The van der Waals surface area contributed by atoms with Crippen molar-refractivity contribution in [2.45, 2.75) is 84.5 Å². The highest BCUT2D eigenvalue weighted by molar-refractivity contribution is 5.86. The number of carbonyl (C=O) groups is 1. The minimum absolute atomic E-state index is 0.262. The van der Waals surface area contributed by atoms with Crippen LogP contribution in [0.4, 0.5) is 0 Å². The van der Waals surface area contributed by atoms with Crippen molar-refractivity contribution < 1.29 is 14.0 Å². The zero-order chi connectivity index (χ0) is 18.3. The Kier molecular flexibility index (Phi) is 14.0. The van der Waals surface area contributed by atoms with E-state index < -0.39 is 0 Å². The standard InChI is InChI=1S/C21H42NO2/c1-6-7-8-9-10-11-14-17-22(4,5)18-15-12-13-16-19-24-21(23)20(2)3/h2,6-19H2,1,3-5H3/q+1. The molecule has 0 aliphatic carbocycles. The molecule has 0 amide bonds. The summed E-state index contributed by atoms with van der Waals surface area (Å²) < 4.78 is 6.25. The minimum atomic E-state index is -0.262. The zero-order valence-electron chi connectivity index (χ0n) is 16.9. The van der Waals surface area contributed by atoms with Crippen LogP contribution < -0.4 is 0 Å². The Bertz CT molecular complexity index is 337. The van der Waals surface area contributed by atoms with Crippen LogP contribution in [0.25, 0.3) is 0 Å². The van der Waals surface area contributed by atoms with Crippen LogP contribution >= 0.6 is 0 Å². The van der Waals surface area contributed by atoms with Crippen molar-refractivity contribution >= 4 is 5.97 Å². The molecule has 0 aromatic carbocycles. The number of hydrogen-bond donors (Lipinski definition) is 0. The molecule has 0 rings (SSSR count). The molecule has 3 heteroatoms. The summed E-state index contributed by atoms with van der Waals surface area (Å²) in [6, 6.07) is 0. The van der Waals surface area contributed by atoms with Crippen LogP contribution in [-0.4, -0.2) is 44.2 Å². The van der Waals surface area contributed by atoms with Crippen LogP contribution in [-0.2, 0) is 9.53 Å². The smallest absolute Gasteiger partial charge is 0.333 e. The molecule has 142 valence electrons. The van der Waals surface area contributed by atoms with Crippen LogP contribution in [0.1, 0.15) is 84.5 Å². The molecule has 0 aliphatic rings. The summed E-state index contributed by atoms with van der Waals surface area (Å²) in [7, 11) is 4.71. The fourth-order valence-corrected chi connectivity index (χ4v) is 2.89. The molecule has 0 atom stereocenters. The molecule has 0 N–H and O–H groups in total. The van der Waals surface area contributed by atoms with Gasteiger partial charge in [0, 0.05) is 5.57 Å². The first-order chi connectivity index (χ1) is 11.4. The summed E-state index contributed by atoms with van der Waals surface area (Å²) in [5, 5.41) is 0. The molecule has 3 nitrogen and oxygen atoms in total. The molecular weight excluding hydrogens is 298 g/mol. The molecular formula is C21H42NO2+. The normalized spacial score (nSPS) is 11.5. The van der Waals surface area contributed by atoms with Gasteiger partial charge in [0.25, 0.3) is 0 Å². The maximum Gasteiger partial charge on any atom is 0.333 e. The van der Waals surface area contributed by atoms with E-state index in [-0.39, 0.29) is 5.97 Å². The number of ether oxygens (including phenoxy) is 1. The highest BCUT2D eigenvalue weighted by atomic mass is 16.5. The molecule has 0 aliphatic heterocycles. The Balaban J connectivity index is 3.47. The van der Waals surface area contributed by atoms with Crippen molar-refractivity contribution in [3.8, 4) is 0 Å². The van der Waals surface area contributed by atoms with Crippen LogP contribution in [0.15, 0.2) is 12.2 Å². The number of nitrogens with zero attached hydrogens (tertiary/aromatic N) is 1. The largest absolute Gasteiger partial charge is 0.462 e. The Hall–Kier alpha value is -0.830. The first kappa shape index (κ1) is 23.2. The van der Waals surface area contributed by atoms with E-state index in [2.05, 4.69) is 27.6 Å². The second kappa shape index (κ2) is 14.5. The lowest BCUT2D eigenvalue weighted by Crippen LogP contribution is -2.41. The predicted octanol–water partition coefficient (Wildman–Crippen LogP) is 5.49. The molecule has 24 heavy (non-hydrogen) atoms. The van der Waals surface area contributed by atoms with Crippen LogP contribution in [0.5, 0.6) is 0 Å². The van der Waals surface area contributed by atoms with E-state index in [9.17, 15) is 4.79 Å². The first-order valence-electron chi connectivity index (χ1n) is 10.0. The minimum Gasteiger partial charge on any atom is -0.462 e. The molecule has 0 saturated heterocycles. The van der Waals surface area contributed by atoms with Gasteiger partial charge in [-0.2, -0.15) is 0 Å². The highest BCUT2D eigenvalue weighted by Gasteiger charge is 2.13. The van der Waals surface area contributed by atoms with Gasteiger partial charge in [-0.25, -0.2) is 4.79 Å². The van der Waals surface area contributed by atoms with E-state index >= 15 is 0 Å². The van der Waals surface area contributed by atoms with Gasteiger partial charge in [0.05, 0.1) is 33.8 Å². The van der Waals surface area contributed by atoms with E-state index in [1.807, 2.05) is 0 Å². The summed E-state index contributed by atoms with van der Waals surface area (Å²) in [4.78, 5) is 11.2. The fraction of sp³-hybridized carbons (Fsp3) is 0.857. The van der Waals surface area contributed by atoms with Crippen LogP contribution in [0, 0.1) is 0 Å². The van der Waals surface area contributed by atoms with Gasteiger partial charge in [-0.1, -0.05) is 45.6 Å². The van der Waals surface area contributed by atoms with Crippen molar-refractivity contribution in [3.63, 3.8) is 0 Å². The lowest BCUT2D eigenvalue weighted by atomic mass is 10.1. The summed E-state index contributed by atoms with van der Waals surface area (Å²) >= 11 is 0. The van der Waals surface area contributed by atoms with Crippen LogP contribution in [0.3, 0.4) is 0 Å². The highest BCUT2D eigenvalue weighted by Crippen LogP contribution is 2.11. The first-order valence-corrected chi connectivity index (χ1v) is 10.0. The second-order valence-corrected chi connectivity index (χ2v) is 7.83. The van der Waals surface area contributed by atoms with Gasteiger partial charge in [-0.05, 0) is 45.4 Å². The maximum absolute atomic E-state index is 11.2. The van der Waals surface area contributed by atoms with Gasteiger partial charge in [0.15, 0.2) is 0 Å². The molecule has 0 saturated carbocycles. The van der Waals surface area contributed by atoms with Gasteiger partial charge in [-0.3, -0.25) is 0 Å². The molecule has 0 heterocycles. The third-order valence-electron chi connectivity index (χ3n) is 4.61. The number of unbranched alkanes of at least 4 members (excludes halogenated alkanes) is 9. The number of carbonyl (C=O) groups excluding carboxylic acids is 1. The monoisotopic (exact) mass is 340 g/mol. The third kappa shape index (κ3) is 14.7. The molecule has 0 spiro atoms. The molecule has 0 aromatic heterocycles. The molecule has 0 radical (unpaired) electrons. The Morgan fingerprint density at radius 3 is 1.79 bits per heavy atom. The van der Waals surface area contributed by atoms with Gasteiger partial charge >= 0.3 is 5.97 Å². The fourth-order valence-electron chi connectivity index (χ4n) is 2.89. The SMILES string of the molecule is C=C(C)C(=O)OCCCCCC[N+](C)(C)CCCCCCCCC. The number of quaternary nitrogens is 1. The number of esters is 1. The molecule has 0 fully saturated rings. The van der Waals surface area contributed by atoms with E-state index in [0.717, 1.165) is 17.3 Å². The average molecular weight is 341 g/mol. The van der Waals surface area contributed by atoms with Crippen molar-refractivity contribution in [3.05, 3.63) is 12.2 Å². The van der Waals surface area contributed by atoms with Gasteiger partial charge < -0.3 is 9.22 Å². The number of rotatable bonds is 16. The predicted molar refractivity (Wildman–Crippen MR) is 104 cm³/mol. The quantitative estimate of drug-likeness (QED) is 0.161. The summed E-state index contributed by atoms with van der Waals surface area (Å²) in [6.45, 7) is 10.6. The van der Waals surface area contributed by atoms with Gasteiger partial charge in [-0.15, -0.1) is 0 Å². The van der Waals surface area contributed by atoms with E-state index in [0.29, 0.717) is 12.2 Å². The average Bonchev–Trinajstić information content (AvgIpc) is 2.52. The van der Waals surface area contributed by atoms with E-state index in [4.69, 9.17) is 4.74 Å². The van der Waals surface area contributed by atoms with Crippen molar-refractivity contribution in [1.29, 1.82) is 0 Å². The summed E-state index contributed by atoms with van der Waals surface area (Å²) in [5.74, 6) is -0.262. The Morgan fingerprint density at radius 1 is 0.833 bits per heavy atom. The number of hydrogen-bond acceptors (Lipinski definition) is 2. The van der Waals surface area contributed by atoms with Crippen LogP contribution in [0.2, 0.25) is 0 Å². The van der Waals surface area contributed by atoms with E-state index in [1.54, 1.807) is 6.92 Å². The van der Waals surface area contributed by atoms with Crippen molar-refractivity contribution in [2.75, 3.05) is 33.8 Å². The lowest BCUT2D eigenvalue weighted by molar-refractivity contribution is -0.890. The zero-order valence-corrected chi connectivity index (χ0v) is 16.9. The van der Waals surface area contributed by atoms with Crippen molar-refractivity contribution in [1.82, 2.24) is 0 Å². The van der Waals surface area contributed by atoms with Crippen molar-refractivity contribution in [2.24, 2.45) is 0 Å². The Labute approximate surface area is 151 Å². The summed E-state index contributed by atoms with van der Waals surface area (Å²) in [6.07, 6.45) is 14.3. The topological polar surface area (TPSA) is 26.3 Å². The van der Waals surface area contributed by atoms with E-state index in [1.165, 1.54) is 70.9 Å². The summed E-state index contributed by atoms with van der Waals surface area (Å²) in [5.41, 5.74) is 0.486. The van der Waals surface area contributed by atoms with Gasteiger partial charge in [0.1, 0.15) is 0 Å². The molecule has 0 unspecified atom stereocenters. The molecule has 0 aromatic rings. The third-order valence-corrected chi connectivity index (χ3v) is 4.61. The van der Waals surface area contributed by atoms with Gasteiger partial charge in [0.2, 0.25) is 0 Å². The Morgan fingerprint density at radius 2 is 1.29 bits per heavy atom. The second-order valence-electron chi connectivity index (χ2n) is 7.83.